The highest BCUT2D eigenvalue weighted by Crippen LogP contribution is 2.20. The summed E-state index contributed by atoms with van der Waals surface area (Å²) in [6.45, 7) is 0. The van der Waals surface area contributed by atoms with Crippen molar-refractivity contribution in [3.63, 3.8) is 0 Å². The molecule has 0 aromatic carbocycles. The molecule has 1 rings (SSSR count). The van der Waals surface area contributed by atoms with Crippen LogP contribution in [0.25, 0.3) is 0 Å². The molecule has 0 spiro atoms. The van der Waals surface area contributed by atoms with Gasteiger partial charge in [-0.25, -0.2) is 5.84 Å². The summed E-state index contributed by atoms with van der Waals surface area (Å²) in [5, 5.41) is 3.08. The fourth-order valence-electron chi connectivity index (χ4n) is 0.685. The first-order chi connectivity index (χ1) is 5.46. The Morgan fingerprint density at radius 3 is 2.50 bits per heavy atom. The van der Waals surface area contributed by atoms with Gasteiger partial charge in [-0.05, 0) is 0 Å². The number of carbonyl (C=O) groups excluding carboxylic acids is 1. The van der Waals surface area contributed by atoms with E-state index < -0.39 is 18.2 Å². The topological polar surface area (TPSA) is 70.7 Å². The Kier molecular flexibility index (Phi) is 1.92. The molecule has 8 heteroatoms. The van der Waals surface area contributed by atoms with E-state index in [1.807, 2.05) is 5.43 Å². The Morgan fingerprint density at radius 2 is 2.25 bits per heavy atom. The molecular weight excluding hydrogens is 177 g/mol. The molecule has 12 heavy (non-hydrogen) atoms. The smallest absolute Gasteiger partial charge is 0.299 e. The lowest BCUT2D eigenvalue weighted by Gasteiger charge is -2.17. The number of amidine groups is 1. The van der Waals surface area contributed by atoms with E-state index in [0.29, 0.717) is 0 Å². The van der Waals surface area contributed by atoms with Gasteiger partial charge in [0.25, 0.3) is 0 Å². The van der Waals surface area contributed by atoms with Crippen molar-refractivity contribution in [2.75, 3.05) is 0 Å². The van der Waals surface area contributed by atoms with Gasteiger partial charge in [-0.3, -0.25) is 15.2 Å². The predicted octanol–water partition coefficient (Wildman–Crippen LogP) is -0.834. The van der Waals surface area contributed by atoms with Crippen LogP contribution in [0.3, 0.4) is 0 Å². The second-order valence-corrected chi connectivity index (χ2v) is 2.05. The molecule has 0 bridgehead atoms. The van der Waals surface area contributed by atoms with Crippen LogP contribution in [0.1, 0.15) is 0 Å². The quantitative estimate of drug-likeness (QED) is 0.410. The lowest BCUT2D eigenvalue weighted by atomic mass is 10.5. The SMILES string of the molecule is NN1C(C(F)(F)F)=NNC1C=O. The van der Waals surface area contributed by atoms with Gasteiger partial charge in [0.2, 0.25) is 5.84 Å². The van der Waals surface area contributed by atoms with Gasteiger partial charge in [-0.15, -0.1) is 0 Å². The number of alkyl halides is 3. The minimum atomic E-state index is -4.64. The summed E-state index contributed by atoms with van der Waals surface area (Å²) >= 11 is 0. The number of hydrogen-bond donors (Lipinski definition) is 2. The number of nitrogens with zero attached hydrogens (tertiary/aromatic N) is 2. The minimum Gasteiger partial charge on any atom is -0.299 e. The van der Waals surface area contributed by atoms with Crippen LogP contribution in [0.15, 0.2) is 5.10 Å². The lowest BCUT2D eigenvalue weighted by Crippen LogP contribution is -2.50. The van der Waals surface area contributed by atoms with Gasteiger partial charge < -0.3 is 0 Å². The molecule has 0 saturated heterocycles. The summed E-state index contributed by atoms with van der Waals surface area (Å²) in [7, 11) is 0. The molecule has 1 unspecified atom stereocenters. The maximum atomic E-state index is 11.9. The Labute approximate surface area is 65.0 Å². The average molecular weight is 182 g/mol. The van der Waals surface area contributed by atoms with Crippen LogP contribution in [0.5, 0.6) is 0 Å². The van der Waals surface area contributed by atoms with Crippen molar-refractivity contribution in [2.24, 2.45) is 10.9 Å². The molecule has 68 valence electrons. The van der Waals surface area contributed by atoms with E-state index in [0.717, 1.165) is 0 Å². The number of hydrogen-bond acceptors (Lipinski definition) is 5. The minimum absolute atomic E-state index is 0.224. The Morgan fingerprint density at radius 1 is 1.67 bits per heavy atom. The number of hydrazone groups is 1. The summed E-state index contributed by atoms with van der Waals surface area (Å²) in [6, 6.07) is 0. The maximum Gasteiger partial charge on any atom is 0.452 e. The van der Waals surface area contributed by atoms with Crippen LogP contribution >= 0.6 is 0 Å². The lowest BCUT2D eigenvalue weighted by molar-refractivity contribution is -0.112. The summed E-state index contributed by atoms with van der Waals surface area (Å²) in [4.78, 5) is 10.1. The first-order valence-corrected chi connectivity index (χ1v) is 2.86. The van der Waals surface area contributed by atoms with Gasteiger partial charge in [0.1, 0.15) is 0 Å². The third kappa shape index (κ3) is 1.33. The fraction of sp³-hybridized carbons (Fsp3) is 0.500. The van der Waals surface area contributed by atoms with Gasteiger partial charge in [0.15, 0.2) is 12.5 Å². The highest BCUT2D eigenvalue weighted by molar-refractivity contribution is 5.90. The first-order valence-electron chi connectivity index (χ1n) is 2.86. The molecule has 3 N–H and O–H groups in total. The number of aldehydes is 1. The molecule has 0 aliphatic carbocycles. The number of nitrogens with two attached hydrogens (primary N) is 1. The van der Waals surface area contributed by atoms with E-state index in [9.17, 15) is 18.0 Å². The molecule has 0 fully saturated rings. The highest BCUT2D eigenvalue weighted by Gasteiger charge is 2.44. The predicted molar refractivity (Wildman–Crippen MR) is 32.5 cm³/mol. The Balaban J connectivity index is 2.78. The van der Waals surface area contributed by atoms with Crippen LogP contribution < -0.4 is 11.3 Å². The van der Waals surface area contributed by atoms with Gasteiger partial charge in [0.05, 0.1) is 0 Å². The van der Waals surface area contributed by atoms with Crippen molar-refractivity contribution in [3.05, 3.63) is 0 Å². The zero-order chi connectivity index (χ0) is 9.35. The van der Waals surface area contributed by atoms with Gasteiger partial charge in [0, 0.05) is 0 Å². The molecule has 1 aliphatic heterocycles. The second kappa shape index (κ2) is 2.63. The largest absolute Gasteiger partial charge is 0.452 e. The van der Waals surface area contributed by atoms with Gasteiger partial charge >= 0.3 is 6.18 Å². The summed E-state index contributed by atoms with van der Waals surface area (Å²) in [6.07, 6.45) is -5.65. The van der Waals surface area contributed by atoms with Crippen molar-refractivity contribution in [2.45, 2.75) is 12.3 Å². The van der Waals surface area contributed by atoms with E-state index >= 15 is 0 Å². The number of halogens is 3. The molecule has 0 aromatic rings. The highest BCUT2D eigenvalue weighted by atomic mass is 19.4. The third-order valence-electron chi connectivity index (χ3n) is 1.23. The van der Waals surface area contributed by atoms with Crippen molar-refractivity contribution >= 4 is 12.1 Å². The van der Waals surface area contributed by atoms with E-state index in [4.69, 9.17) is 5.84 Å². The zero-order valence-corrected chi connectivity index (χ0v) is 5.67. The number of carbonyl (C=O) groups is 1. The second-order valence-electron chi connectivity index (χ2n) is 2.05. The van der Waals surface area contributed by atoms with Crippen LogP contribution in [-0.4, -0.2) is 29.5 Å². The maximum absolute atomic E-state index is 11.9. The summed E-state index contributed by atoms with van der Waals surface area (Å²) in [5.74, 6) is 3.60. The van der Waals surface area contributed by atoms with Crippen molar-refractivity contribution in [1.82, 2.24) is 10.4 Å². The van der Waals surface area contributed by atoms with Gasteiger partial charge in [-0.2, -0.15) is 18.3 Å². The van der Waals surface area contributed by atoms with Crippen molar-refractivity contribution < 1.29 is 18.0 Å². The summed E-state index contributed by atoms with van der Waals surface area (Å²) in [5.41, 5.74) is 1.91. The third-order valence-corrected chi connectivity index (χ3v) is 1.23. The Bertz CT molecular complexity index is 225. The normalized spacial score (nSPS) is 23.5. The molecule has 1 atom stereocenters. The standard InChI is InChI=1S/C4H5F3N4O/c5-4(6,7)3-10-9-2(1-12)11(3)8/h1-2,9H,8H2. The number of nitrogens with one attached hydrogen (secondary N) is 1. The van der Waals surface area contributed by atoms with Crippen LogP contribution in [0.2, 0.25) is 0 Å². The Hall–Kier alpha value is -1.31. The van der Waals surface area contributed by atoms with E-state index in [1.54, 1.807) is 0 Å². The molecule has 0 saturated carbocycles. The molecule has 1 aliphatic rings. The van der Waals surface area contributed by atoms with Crippen molar-refractivity contribution in [3.8, 4) is 0 Å². The van der Waals surface area contributed by atoms with E-state index in [-0.39, 0.29) is 11.3 Å². The van der Waals surface area contributed by atoms with Crippen LogP contribution in [-0.2, 0) is 4.79 Å². The van der Waals surface area contributed by atoms with Crippen LogP contribution in [0.4, 0.5) is 13.2 Å². The first kappa shape index (κ1) is 8.78. The number of rotatable bonds is 1. The van der Waals surface area contributed by atoms with Crippen molar-refractivity contribution in [1.29, 1.82) is 0 Å². The van der Waals surface area contributed by atoms with Gasteiger partial charge in [-0.1, -0.05) is 0 Å². The average Bonchev–Trinajstić information content (AvgIpc) is 2.29. The number of hydrazine groups is 1. The molecule has 1 heterocycles. The molecular formula is C4H5F3N4O. The van der Waals surface area contributed by atoms with Crippen LogP contribution in [0, 0.1) is 0 Å². The summed E-state index contributed by atoms with van der Waals surface area (Å²) < 4.78 is 35.7. The molecule has 5 nitrogen and oxygen atoms in total. The monoisotopic (exact) mass is 182 g/mol. The van der Waals surface area contributed by atoms with E-state index in [1.165, 1.54) is 0 Å². The van der Waals surface area contributed by atoms with E-state index in [2.05, 4.69) is 5.10 Å². The molecule has 0 amide bonds. The zero-order valence-electron chi connectivity index (χ0n) is 5.67. The molecule has 0 aromatic heterocycles. The fourth-order valence-corrected chi connectivity index (χ4v) is 0.685. The molecule has 0 radical (unpaired) electrons.